The Labute approximate surface area is 240 Å². The number of hydrogen-bond donors (Lipinski definition) is 2. The number of nitrogens with zero attached hydrogens (tertiary/aromatic N) is 2. The fourth-order valence-electron chi connectivity index (χ4n) is 3.66. The second-order valence-electron chi connectivity index (χ2n) is 9.21. The van der Waals surface area contributed by atoms with Crippen LogP contribution in [-0.2, 0) is 19.1 Å². The van der Waals surface area contributed by atoms with Crippen LogP contribution >= 0.6 is 22.7 Å². The molecule has 0 aliphatic carbocycles. The molecule has 2 aromatic rings. The molecule has 2 aromatic heterocycles. The van der Waals surface area contributed by atoms with Gasteiger partial charge in [0.1, 0.15) is 10.0 Å². The minimum Gasteiger partial charge on any atom is -0.465 e. The topological polar surface area (TPSA) is 151 Å². The Hall–Kier alpha value is -3.78. The highest BCUT2D eigenvalue weighted by molar-refractivity contribution is 7.19. The zero-order valence-corrected chi connectivity index (χ0v) is 25.4. The number of carbonyl (C=O) groups excluding carboxylic acids is 6. The van der Waals surface area contributed by atoms with Gasteiger partial charge in [-0.15, -0.1) is 22.7 Å². The largest absolute Gasteiger partial charge is 0.465 e. The molecule has 2 rings (SSSR count). The van der Waals surface area contributed by atoms with Crippen LogP contribution in [0.15, 0.2) is 0 Å². The van der Waals surface area contributed by atoms with E-state index in [0.29, 0.717) is 33.7 Å². The lowest BCUT2D eigenvalue weighted by Crippen LogP contribution is -2.21. The van der Waals surface area contributed by atoms with Crippen molar-refractivity contribution >= 4 is 68.2 Å². The third kappa shape index (κ3) is 7.45. The molecule has 0 fully saturated rings. The van der Waals surface area contributed by atoms with Gasteiger partial charge in [-0.1, -0.05) is 0 Å². The van der Waals surface area contributed by atoms with Crippen LogP contribution in [-0.4, -0.2) is 87.8 Å². The van der Waals surface area contributed by atoms with Crippen LogP contribution in [0, 0.1) is 13.8 Å². The van der Waals surface area contributed by atoms with Gasteiger partial charge in [0.15, 0.2) is 0 Å². The summed E-state index contributed by atoms with van der Waals surface area (Å²) in [7, 11) is 8.79. The molecule has 218 valence electrons. The summed E-state index contributed by atoms with van der Waals surface area (Å²) in [4.78, 5) is 78.2. The lowest BCUT2D eigenvalue weighted by atomic mass is 10.1. The van der Waals surface area contributed by atoms with E-state index in [4.69, 9.17) is 9.47 Å². The van der Waals surface area contributed by atoms with Crippen LogP contribution in [0.3, 0.4) is 0 Å². The van der Waals surface area contributed by atoms with Crippen molar-refractivity contribution in [1.29, 1.82) is 0 Å². The first kappa shape index (κ1) is 32.4. The number of esters is 2. The van der Waals surface area contributed by atoms with Crippen LogP contribution < -0.4 is 10.6 Å². The van der Waals surface area contributed by atoms with E-state index in [1.54, 1.807) is 42.0 Å². The molecule has 4 amide bonds. The third-order valence-electron chi connectivity index (χ3n) is 5.84. The average molecular weight is 595 g/mol. The molecule has 0 saturated carbocycles. The van der Waals surface area contributed by atoms with Crippen LogP contribution in [0.4, 0.5) is 10.0 Å². The van der Waals surface area contributed by atoms with E-state index in [0.717, 1.165) is 22.7 Å². The van der Waals surface area contributed by atoms with Gasteiger partial charge in [0.2, 0.25) is 11.8 Å². The summed E-state index contributed by atoms with van der Waals surface area (Å²) >= 11 is 2.00. The number of unbranched alkanes of at least 4 members (excludes halogenated alkanes) is 1. The highest BCUT2D eigenvalue weighted by Crippen LogP contribution is 2.35. The van der Waals surface area contributed by atoms with E-state index in [2.05, 4.69) is 10.6 Å². The van der Waals surface area contributed by atoms with E-state index in [1.807, 2.05) is 0 Å². The van der Waals surface area contributed by atoms with Crippen molar-refractivity contribution < 1.29 is 38.2 Å². The Morgan fingerprint density at radius 1 is 0.650 bits per heavy atom. The fraction of sp³-hybridized carbons (Fsp3) is 0.462. The molecule has 0 aromatic carbocycles. The number of rotatable bonds is 11. The van der Waals surface area contributed by atoms with Gasteiger partial charge in [-0.25, -0.2) is 9.59 Å². The maximum absolute atomic E-state index is 12.6. The number of carbonyl (C=O) groups is 6. The van der Waals surface area contributed by atoms with Gasteiger partial charge in [-0.3, -0.25) is 19.2 Å². The van der Waals surface area contributed by atoms with Crippen molar-refractivity contribution in [2.45, 2.75) is 39.5 Å². The SMILES string of the molecule is COC(=O)c1c(NC(=O)CCCCC(=O)Nc2sc(C(=O)N(C)C)c(C)c2C(=O)OC)sc(C(=O)N(C)C)c1C. The van der Waals surface area contributed by atoms with Crippen LogP contribution in [0.1, 0.15) is 76.9 Å². The van der Waals surface area contributed by atoms with Gasteiger partial charge < -0.3 is 29.9 Å². The first-order valence-electron chi connectivity index (χ1n) is 12.2. The predicted octanol–water partition coefficient (Wildman–Crippen LogP) is 3.54. The van der Waals surface area contributed by atoms with Gasteiger partial charge in [-0.05, 0) is 37.8 Å². The summed E-state index contributed by atoms with van der Waals surface area (Å²) in [5, 5.41) is 5.82. The number of anilines is 2. The molecule has 0 atom stereocenters. The molecule has 14 heteroatoms. The Balaban J connectivity index is 2.02. The molecule has 40 heavy (non-hydrogen) atoms. The molecule has 0 aliphatic heterocycles. The highest BCUT2D eigenvalue weighted by atomic mass is 32.1. The van der Waals surface area contributed by atoms with Crippen LogP contribution in [0.5, 0.6) is 0 Å². The lowest BCUT2D eigenvalue weighted by molar-refractivity contribution is -0.118. The second-order valence-corrected chi connectivity index (χ2v) is 11.2. The molecule has 12 nitrogen and oxygen atoms in total. The molecule has 0 unspecified atom stereocenters. The number of nitrogens with one attached hydrogen (secondary N) is 2. The highest BCUT2D eigenvalue weighted by Gasteiger charge is 2.28. The summed E-state index contributed by atoms with van der Waals surface area (Å²) in [5.41, 5.74) is 1.11. The molecule has 0 radical (unpaired) electrons. The number of ether oxygens (including phenoxy) is 2. The minimum absolute atomic E-state index is 0.0643. The van der Waals surface area contributed by atoms with E-state index in [-0.39, 0.29) is 57.6 Å². The van der Waals surface area contributed by atoms with E-state index < -0.39 is 11.9 Å². The standard InChI is InChI=1S/C26H34N4O8S2/c1-13-17(25(35)37-7)21(39-19(13)23(33)29(3)4)27-15(31)11-9-10-12-16(32)28-22-18(26(36)38-8)14(2)20(40-22)24(34)30(5)6/h9-12H2,1-8H3,(H,27,31)(H,28,32). The van der Waals surface area contributed by atoms with Crippen molar-refractivity contribution in [3.63, 3.8) is 0 Å². The smallest absolute Gasteiger partial charge is 0.341 e. The Morgan fingerprint density at radius 2 is 0.975 bits per heavy atom. The third-order valence-corrected chi connectivity index (χ3v) is 8.23. The Morgan fingerprint density at radius 3 is 1.25 bits per heavy atom. The van der Waals surface area contributed by atoms with Gasteiger partial charge in [0, 0.05) is 41.0 Å². The number of hydrogen-bond acceptors (Lipinski definition) is 10. The molecule has 2 heterocycles. The van der Waals surface area contributed by atoms with Gasteiger partial charge in [-0.2, -0.15) is 0 Å². The summed E-state index contributed by atoms with van der Waals surface area (Å²) in [6.45, 7) is 3.24. The average Bonchev–Trinajstić information content (AvgIpc) is 3.39. The predicted molar refractivity (Wildman–Crippen MR) is 153 cm³/mol. The van der Waals surface area contributed by atoms with E-state index in [1.165, 1.54) is 24.0 Å². The van der Waals surface area contributed by atoms with Crippen molar-refractivity contribution in [3.8, 4) is 0 Å². The van der Waals surface area contributed by atoms with Crippen molar-refractivity contribution in [2.24, 2.45) is 0 Å². The zero-order valence-electron chi connectivity index (χ0n) is 23.8. The van der Waals surface area contributed by atoms with Crippen molar-refractivity contribution in [3.05, 3.63) is 32.0 Å². The molecular formula is C26H34N4O8S2. The minimum atomic E-state index is -0.663. The molecular weight excluding hydrogens is 560 g/mol. The molecule has 0 spiro atoms. The summed E-state index contributed by atoms with van der Waals surface area (Å²) in [6.07, 6.45) is 0.848. The van der Waals surface area contributed by atoms with E-state index >= 15 is 0 Å². The summed E-state index contributed by atoms with van der Waals surface area (Å²) in [6, 6.07) is 0. The normalized spacial score (nSPS) is 10.5. The second kappa shape index (κ2) is 14.0. The van der Waals surface area contributed by atoms with Crippen molar-refractivity contribution in [1.82, 2.24) is 9.80 Å². The Kier molecular flexibility index (Phi) is 11.4. The van der Waals surface area contributed by atoms with Gasteiger partial charge in [0.05, 0.1) is 35.1 Å². The van der Waals surface area contributed by atoms with E-state index in [9.17, 15) is 28.8 Å². The zero-order chi connectivity index (χ0) is 30.3. The van der Waals surface area contributed by atoms with Gasteiger partial charge in [0.25, 0.3) is 11.8 Å². The number of thiophene rings is 2. The van der Waals surface area contributed by atoms with Gasteiger partial charge >= 0.3 is 11.9 Å². The first-order valence-corrected chi connectivity index (χ1v) is 13.8. The lowest BCUT2D eigenvalue weighted by Gasteiger charge is -2.08. The molecule has 2 N–H and O–H groups in total. The maximum Gasteiger partial charge on any atom is 0.341 e. The summed E-state index contributed by atoms with van der Waals surface area (Å²) in [5.74, 6) is -2.69. The van der Waals surface area contributed by atoms with Crippen molar-refractivity contribution in [2.75, 3.05) is 53.0 Å². The maximum atomic E-state index is 12.6. The first-order chi connectivity index (χ1) is 18.7. The number of amides is 4. The molecule has 0 bridgehead atoms. The molecule has 0 aliphatic rings. The fourth-order valence-corrected chi connectivity index (χ4v) is 6.13. The van der Waals surface area contributed by atoms with Crippen LogP contribution in [0.25, 0.3) is 0 Å². The molecule has 0 saturated heterocycles. The summed E-state index contributed by atoms with van der Waals surface area (Å²) < 4.78 is 9.66. The van der Waals surface area contributed by atoms with Crippen LogP contribution in [0.2, 0.25) is 0 Å². The Bertz CT molecular complexity index is 1230. The number of methoxy groups -OCH3 is 2. The monoisotopic (exact) mass is 594 g/mol. The quantitative estimate of drug-likeness (QED) is 0.296.